The number of halogens is 2. The van der Waals surface area contributed by atoms with Gasteiger partial charge in [-0.05, 0) is 73.4 Å². The molecule has 3 aromatic carbocycles. The number of aromatic nitrogens is 1. The third kappa shape index (κ3) is 3.97. The Balaban J connectivity index is 1.97. The van der Waals surface area contributed by atoms with Gasteiger partial charge in [-0.3, -0.25) is 4.98 Å². The van der Waals surface area contributed by atoms with E-state index in [1.807, 2.05) is 18.2 Å². The van der Waals surface area contributed by atoms with Gasteiger partial charge in [0.1, 0.15) is 5.75 Å². The molecule has 0 spiro atoms. The van der Waals surface area contributed by atoms with Crippen LogP contribution in [-0.4, -0.2) is 28.3 Å². The number of carbonyl (C=O) groups is 1. The first kappa shape index (κ1) is 24.1. The van der Waals surface area contributed by atoms with Crippen LogP contribution in [0.5, 0.6) is 5.75 Å². The summed E-state index contributed by atoms with van der Waals surface area (Å²) in [5.41, 5.74) is 2.29. The lowest BCUT2D eigenvalue weighted by atomic mass is 9.83. The molecule has 0 bridgehead atoms. The lowest BCUT2D eigenvalue weighted by Gasteiger charge is -2.30. The van der Waals surface area contributed by atoms with E-state index in [4.69, 9.17) is 9.47 Å². The van der Waals surface area contributed by atoms with Crippen LogP contribution in [0.1, 0.15) is 55.6 Å². The summed E-state index contributed by atoms with van der Waals surface area (Å²) >= 11 is 0. The van der Waals surface area contributed by atoms with Crippen LogP contribution in [0, 0.1) is 6.92 Å². The zero-order valence-corrected chi connectivity index (χ0v) is 20.6. The molecule has 0 fully saturated rings. The number of alkyl halides is 2. The van der Waals surface area contributed by atoms with E-state index >= 15 is 0 Å². The van der Waals surface area contributed by atoms with Crippen molar-refractivity contribution >= 4 is 27.6 Å². The second-order valence-electron chi connectivity index (χ2n) is 10.0. The maximum Gasteiger partial charge on any atom is 0.337 e. The van der Waals surface area contributed by atoms with Gasteiger partial charge >= 0.3 is 5.97 Å². The van der Waals surface area contributed by atoms with Crippen molar-refractivity contribution in [2.75, 3.05) is 6.61 Å². The van der Waals surface area contributed by atoms with Crippen LogP contribution in [0.25, 0.3) is 32.8 Å². The Labute approximate surface area is 207 Å². The van der Waals surface area contributed by atoms with Crippen molar-refractivity contribution in [1.82, 2.24) is 4.98 Å². The van der Waals surface area contributed by atoms with Gasteiger partial charge in [0.05, 0.1) is 17.7 Å². The molecule has 0 saturated heterocycles. The highest BCUT2D eigenvalue weighted by Gasteiger charge is 2.35. The van der Waals surface area contributed by atoms with E-state index < -0.39 is 24.1 Å². The number of hydrogen-bond acceptors (Lipinski definition) is 4. The van der Waals surface area contributed by atoms with E-state index in [0.29, 0.717) is 39.8 Å². The third-order valence-electron chi connectivity index (χ3n) is 6.58. The fourth-order valence-corrected chi connectivity index (χ4v) is 5.20. The average Bonchev–Trinajstić information content (AvgIpc) is 2.82. The largest absolute Gasteiger partial charge is 0.493 e. The number of benzene rings is 3. The van der Waals surface area contributed by atoms with Crippen LogP contribution in [0.3, 0.4) is 0 Å². The summed E-state index contributed by atoms with van der Waals surface area (Å²) in [5.74, 6) is -0.542. The third-order valence-corrected chi connectivity index (χ3v) is 6.58. The fourth-order valence-electron chi connectivity index (χ4n) is 5.20. The zero-order chi connectivity index (χ0) is 25.8. The van der Waals surface area contributed by atoms with Gasteiger partial charge in [0.15, 0.2) is 6.10 Å². The van der Waals surface area contributed by atoms with Crippen LogP contribution in [-0.2, 0) is 16.0 Å². The molecule has 36 heavy (non-hydrogen) atoms. The van der Waals surface area contributed by atoms with Gasteiger partial charge in [-0.25, -0.2) is 13.6 Å². The normalized spacial score (nSPS) is 14.3. The highest BCUT2D eigenvalue weighted by Crippen LogP contribution is 2.47. The second kappa shape index (κ2) is 8.82. The summed E-state index contributed by atoms with van der Waals surface area (Å²) in [5, 5.41) is 12.0. The number of carboxylic acid groups (broad SMARTS) is 1. The summed E-state index contributed by atoms with van der Waals surface area (Å²) in [6, 6.07) is 12.5. The molecule has 1 aromatic heterocycles. The summed E-state index contributed by atoms with van der Waals surface area (Å²) in [7, 11) is 0. The topological polar surface area (TPSA) is 68.7 Å². The van der Waals surface area contributed by atoms with Gasteiger partial charge < -0.3 is 14.6 Å². The van der Waals surface area contributed by atoms with E-state index in [-0.39, 0.29) is 16.7 Å². The van der Waals surface area contributed by atoms with Crippen molar-refractivity contribution in [2.24, 2.45) is 0 Å². The molecule has 0 aliphatic carbocycles. The lowest BCUT2D eigenvalue weighted by molar-refractivity contribution is -0.160. The van der Waals surface area contributed by atoms with Crippen LogP contribution in [0.4, 0.5) is 8.78 Å². The number of fused-ring (bicyclic) bond motifs is 1. The predicted molar refractivity (Wildman–Crippen MR) is 135 cm³/mol. The van der Waals surface area contributed by atoms with Crippen LogP contribution < -0.4 is 4.74 Å². The number of hydrogen-bond donors (Lipinski definition) is 1. The molecule has 5 rings (SSSR count). The molecule has 1 atom stereocenters. The van der Waals surface area contributed by atoms with Crippen molar-refractivity contribution in [1.29, 1.82) is 0 Å². The smallest absolute Gasteiger partial charge is 0.337 e. The van der Waals surface area contributed by atoms with Gasteiger partial charge in [-0.1, -0.05) is 24.3 Å². The standard InChI is InChI=1S/C29H27F2NO4/c1-15-21(27(30)31)17-7-5-6-8-18(17)24(22(15)26(28(33)34)36-29(2,3)4)19-9-10-20-23-16(12-14-35-20)11-13-32-25(19)23/h5-11,13,26-27H,12,14H2,1-4H3,(H,33,34). The molecule has 7 heteroatoms. The van der Waals surface area contributed by atoms with E-state index in [0.717, 1.165) is 17.4 Å². The number of pyridine rings is 1. The van der Waals surface area contributed by atoms with Crippen molar-refractivity contribution in [3.05, 3.63) is 70.9 Å². The molecule has 1 N–H and O–H groups in total. The Hall–Kier alpha value is -3.58. The van der Waals surface area contributed by atoms with Crippen LogP contribution >= 0.6 is 0 Å². The van der Waals surface area contributed by atoms with Gasteiger partial charge in [-0.2, -0.15) is 0 Å². The first-order valence-electron chi connectivity index (χ1n) is 11.9. The molecule has 0 amide bonds. The maximum absolute atomic E-state index is 14.5. The van der Waals surface area contributed by atoms with E-state index in [2.05, 4.69) is 4.98 Å². The van der Waals surface area contributed by atoms with Gasteiger partial charge in [0.2, 0.25) is 0 Å². The number of carboxylic acids is 1. The highest BCUT2D eigenvalue weighted by molar-refractivity contribution is 6.09. The molecule has 5 nitrogen and oxygen atoms in total. The monoisotopic (exact) mass is 491 g/mol. The molecule has 0 radical (unpaired) electrons. The number of ether oxygens (including phenoxy) is 2. The molecule has 4 aromatic rings. The zero-order valence-electron chi connectivity index (χ0n) is 20.6. The van der Waals surface area contributed by atoms with E-state index in [1.165, 1.54) is 0 Å². The Kier molecular flexibility index (Phi) is 5.91. The SMILES string of the molecule is Cc1c(C(OC(C)(C)C)C(=O)O)c(-c2ccc3c4c(ccnc24)CCO3)c2ccccc2c1C(F)F. The first-order valence-corrected chi connectivity index (χ1v) is 11.9. The average molecular weight is 492 g/mol. The number of nitrogens with zero attached hydrogens (tertiary/aromatic N) is 1. The summed E-state index contributed by atoms with van der Waals surface area (Å²) in [6.45, 7) is 7.34. The molecule has 1 unspecified atom stereocenters. The number of rotatable bonds is 5. The van der Waals surface area contributed by atoms with Gasteiger partial charge in [0.25, 0.3) is 6.43 Å². The summed E-state index contributed by atoms with van der Waals surface area (Å²) < 4.78 is 40.8. The minimum absolute atomic E-state index is 0.188. The second-order valence-corrected chi connectivity index (χ2v) is 10.0. The van der Waals surface area contributed by atoms with Crippen LogP contribution in [0.15, 0.2) is 48.7 Å². The van der Waals surface area contributed by atoms with Gasteiger partial charge in [0, 0.05) is 34.7 Å². The Morgan fingerprint density at radius 2 is 1.81 bits per heavy atom. The summed E-state index contributed by atoms with van der Waals surface area (Å²) in [4.78, 5) is 17.3. The first-order chi connectivity index (χ1) is 17.1. The minimum Gasteiger partial charge on any atom is -0.493 e. The molecular formula is C29H27F2NO4. The molecule has 0 saturated carbocycles. The highest BCUT2D eigenvalue weighted by atomic mass is 19.3. The molecule has 2 heterocycles. The molecule has 186 valence electrons. The Morgan fingerprint density at radius 1 is 1.08 bits per heavy atom. The predicted octanol–water partition coefficient (Wildman–Crippen LogP) is 7.18. The quantitative estimate of drug-likeness (QED) is 0.320. The van der Waals surface area contributed by atoms with E-state index in [9.17, 15) is 18.7 Å². The van der Waals surface area contributed by atoms with Crippen molar-refractivity contribution < 1.29 is 28.2 Å². The minimum atomic E-state index is -2.80. The van der Waals surface area contributed by atoms with Crippen molar-refractivity contribution in [3.8, 4) is 16.9 Å². The number of aliphatic carboxylic acids is 1. The Morgan fingerprint density at radius 3 is 2.47 bits per heavy atom. The molecule has 1 aliphatic heterocycles. The van der Waals surface area contributed by atoms with E-state index in [1.54, 1.807) is 58.2 Å². The molecule has 1 aliphatic rings. The lowest BCUT2D eigenvalue weighted by Crippen LogP contribution is -2.28. The van der Waals surface area contributed by atoms with Crippen LogP contribution in [0.2, 0.25) is 0 Å². The summed E-state index contributed by atoms with van der Waals surface area (Å²) in [6.07, 6.45) is -1.82. The molecular weight excluding hydrogens is 464 g/mol. The maximum atomic E-state index is 14.5. The van der Waals surface area contributed by atoms with Gasteiger partial charge in [-0.15, -0.1) is 0 Å². The van der Waals surface area contributed by atoms with Crippen molar-refractivity contribution in [3.63, 3.8) is 0 Å². The Bertz CT molecular complexity index is 1500. The fraction of sp³-hybridized carbons (Fsp3) is 0.310. The van der Waals surface area contributed by atoms with Crippen molar-refractivity contribution in [2.45, 2.75) is 52.2 Å².